The lowest BCUT2D eigenvalue weighted by Crippen LogP contribution is -2.58. The summed E-state index contributed by atoms with van der Waals surface area (Å²) in [5.41, 5.74) is -0.511. The standard InChI is InChI=1S/C36H43N3O5/c40-33(37-25-18-20-28(21-19-25)43-27-16-10-5-11-17-27)30-29-22-23-36(44-29)31(30)35(42)39(26-14-8-2-1-3-9-15-26)32(36)34(41)38-24-12-6-4-7-13-24/h5,10-11,16-24,26,29-32H,1-4,6-9,12-15H2,(H,37,40)(H,38,41). The van der Waals surface area contributed by atoms with E-state index in [0.29, 0.717) is 11.4 Å². The van der Waals surface area contributed by atoms with Crippen molar-refractivity contribution in [3.05, 3.63) is 66.7 Å². The molecule has 2 aromatic carbocycles. The summed E-state index contributed by atoms with van der Waals surface area (Å²) >= 11 is 0. The van der Waals surface area contributed by atoms with Crippen molar-refractivity contribution in [1.82, 2.24) is 10.2 Å². The molecule has 2 saturated carbocycles. The molecule has 3 amide bonds. The molecule has 232 valence electrons. The van der Waals surface area contributed by atoms with Gasteiger partial charge >= 0.3 is 0 Å². The summed E-state index contributed by atoms with van der Waals surface area (Å²) in [7, 11) is 0. The number of likely N-dealkylation sites (tertiary alicyclic amines) is 1. The van der Waals surface area contributed by atoms with E-state index in [-0.39, 0.29) is 29.8 Å². The molecule has 4 fully saturated rings. The number of hydrogen-bond donors (Lipinski definition) is 2. The first-order valence-electron chi connectivity index (χ1n) is 16.7. The molecular weight excluding hydrogens is 554 g/mol. The SMILES string of the molecule is O=C(Nc1ccc(Oc2ccccc2)cc1)C1C2C=CC3(O2)C1C(=O)N(C1CCCCCCC1)C3C(=O)NC1CCCCC1. The zero-order valence-electron chi connectivity index (χ0n) is 25.3. The van der Waals surface area contributed by atoms with Gasteiger partial charge in [-0.05, 0) is 62.1 Å². The molecule has 0 aromatic heterocycles. The first-order valence-corrected chi connectivity index (χ1v) is 16.7. The highest BCUT2D eigenvalue weighted by molar-refractivity contribution is 6.03. The van der Waals surface area contributed by atoms with Crippen LogP contribution in [0.1, 0.15) is 77.0 Å². The predicted molar refractivity (Wildman–Crippen MR) is 167 cm³/mol. The van der Waals surface area contributed by atoms with Gasteiger partial charge in [0.1, 0.15) is 23.1 Å². The molecule has 5 atom stereocenters. The van der Waals surface area contributed by atoms with Gasteiger partial charge in [-0.3, -0.25) is 14.4 Å². The average molecular weight is 598 g/mol. The van der Waals surface area contributed by atoms with E-state index in [4.69, 9.17) is 9.47 Å². The smallest absolute Gasteiger partial charge is 0.246 e. The number of anilines is 1. The molecule has 2 aliphatic carbocycles. The molecule has 8 heteroatoms. The fourth-order valence-corrected chi connectivity index (χ4v) is 8.30. The average Bonchev–Trinajstić information content (AvgIpc) is 3.66. The molecule has 2 aromatic rings. The Bertz CT molecular complexity index is 1380. The molecule has 2 saturated heterocycles. The molecule has 7 rings (SSSR count). The highest BCUT2D eigenvalue weighted by Gasteiger charge is 2.73. The largest absolute Gasteiger partial charge is 0.457 e. The monoisotopic (exact) mass is 597 g/mol. The molecule has 44 heavy (non-hydrogen) atoms. The highest BCUT2D eigenvalue weighted by atomic mass is 16.5. The van der Waals surface area contributed by atoms with E-state index in [1.165, 1.54) is 12.8 Å². The van der Waals surface area contributed by atoms with Crippen LogP contribution in [0.15, 0.2) is 66.7 Å². The highest BCUT2D eigenvalue weighted by Crippen LogP contribution is 2.56. The van der Waals surface area contributed by atoms with Crippen molar-refractivity contribution in [2.45, 2.75) is 107 Å². The fraction of sp³-hybridized carbons (Fsp3) is 0.528. The van der Waals surface area contributed by atoms with Gasteiger partial charge < -0.3 is 25.0 Å². The summed E-state index contributed by atoms with van der Waals surface area (Å²) in [6, 6.07) is 16.1. The number of nitrogens with zero attached hydrogens (tertiary/aromatic N) is 1. The molecule has 5 unspecified atom stereocenters. The van der Waals surface area contributed by atoms with Gasteiger partial charge in [0.05, 0.1) is 17.9 Å². The van der Waals surface area contributed by atoms with E-state index in [1.807, 2.05) is 59.5 Å². The number of para-hydroxylation sites is 1. The van der Waals surface area contributed by atoms with Crippen molar-refractivity contribution in [2.75, 3.05) is 5.32 Å². The summed E-state index contributed by atoms with van der Waals surface area (Å²) in [6.07, 6.45) is 15.9. The van der Waals surface area contributed by atoms with Gasteiger partial charge in [0.15, 0.2) is 0 Å². The van der Waals surface area contributed by atoms with Gasteiger partial charge in [-0.1, -0.05) is 81.7 Å². The predicted octanol–water partition coefficient (Wildman–Crippen LogP) is 6.13. The normalized spacial score (nSPS) is 30.5. The number of fused-ring (bicyclic) bond motifs is 1. The van der Waals surface area contributed by atoms with Crippen LogP contribution in [0.25, 0.3) is 0 Å². The van der Waals surface area contributed by atoms with Crippen LogP contribution in [-0.4, -0.2) is 52.5 Å². The Balaban J connectivity index is 1.13. The lowest BCUT2D eigenvalue weighted by atomic mass is 9.74. The van der Waals surface area contributed by atoms with Crippen molar-refractivity contribution < 1.29 is 23.9 Å². The summed E-state index contributed by atoms with van der Waals surface area (Å²) < 4.78 is 12.5. The molecule has 2 N–H and O–H groups in total. The van der Waals surface area contributed by atoms with Crippen LogP contribution in [0.4, 0.5) is 5.69 Å². The number of amides is 3. The van der Waals surface area contributed by atoms with Gasteiger partial charge in [0.2, 0.25) is 17.7 Å². The molecule has 5 aliphatic rings. The zero-order valence-corrected chi connectivity index (χ0v) is 25.3. The van der Waals surface area contributed by atoms with Crippen molar-refractivity contribution in [2.24, 2.45) is 11.8 Å². The molecule has 8 nitrogen and oxygen atoms in total. The van der Waals surface area contributed by atoms with E-state index in [1.54, 1.807) is 12.1 Å². The van der Waals surface area contributed by atoms with Crippen LogP contribution >= 0.6 is 0 Å². The second-order valence-corrected chi connectivity index (χ2v) is 13.2. The van der Waals surface area contributed by atoms with Crippen molar-refractivity contribution in [3.63, 3.8) is 0 Å². The second-order valence-electron chi connectivity index (χ2n) is 13.2. The van der Waals surface area contributed by atoms with E-state index < -0.39 is 29.6 Å². The maximum absolute atomic E-state index is 14.5. The molecular formula is C36H43N3O5. The topological polar surface area (TPSA) is 97.0 Å². The van der Waals surface area contributed by atoms with Crippen LogP contribution < -0.4 is 15.4 Å². The summed E-state index contributed by atoms with van der Waals surface area (Å²) in [4.78, 5) is 44.5. The van der Waals surface area contributed by atoms with E-state index >= 15 is 0 Å². The molecule has 0 radical (unpaired) electrons. The van der Waals surface area contributed by atoms with Gasteiger partial charge in [0.25, 0.3) is 0 Å². The maximum atomic E-state index is 14.5. The molecule has 1 spiro atoms. The fourth-order valence-electron chi connectivity index (χ4n) is 8.30. The minimum absolute atomic E-state index is 0.0261. The number of ether oxygens (including phenoxy) is 2. The number of carbonyl (C=O) groups is 3. The summed E-state index contributed by atoms with van der Waals surface area (Å²) in [5, 5.41) is 6.35. The van der Waals surface area contributed by atoms with E-state index in [2.05, 4.69) is 10.6 Å². The number of benzene rings is 2. The van der Waals surface area contributed by atoms with Crippen LogP contribution in [0.2, 0.25) is 0 Å². The molecule has 3 aliphatic heterocycles. The van der Waals surface area contributed by atoms with Crippen LogP contribution in [0.5, 0.6) is 11.5 Å². The third-order valence-electron chi connectivity index (χ3n) is 10.4. The Kier molecular flexibility index (Phi) is 8.19. The van der Waals surface area contributed by atoms with Crippen molar-refractivity contribution in [1.29, 1.82) is 0 Å². The molecule has 3 heterocycles. The van der Waals surface area contributed by atoms with Gasteiger partial charge in [0, 0.05) is 17.8 Å². The van der Waals surface area contributed by atoms with Crippen LogP contribution in [-0.2, 0) is 19.1 Å². The maximum Gasteiger partial charge on any atom is 0.246 e. The lowest BCUT2D eigenvalue weighted by molar-refractivity contribution is -0.144. The van der Waals surface area contributed by atoms with Gasteiger partial charge in [-0.15, -0.1) is 0 Å². The Morgan fingerprint density at radius 1 is 0.795 bits per heavy atom. The number of hydrogen-bond acceptors (Lipinski definition) is 5. The first kappa shape index (κ1) is 29.1. The quantitative estimate of drug-likeness (QED) is 0.375. The van der Waals surface area contributed by atoms with Crippen molar-refractivity contribution in [3.8, 4) is 11.5 Å². The second kappa shape index (κ2) is 12.4. The number of nitrogens with one attached hydrogen (secondary N) is 2. The van der Waals surface area contributed by atoms with Crippen LogP contribution in [0, 0.1) is 11.8 Å². The van der Waals surface area contributed by atoms with Gasteiger partial charge in [-0.2, -0.15) is 0 Å². The van der Waals surface area contributed by atoms with E-state index in [0.717, 1.165) is 70.0 Å². The summed E-state index contributed by atoms with van der Waals surface area (Å²) in [6.45, 7) is 0. The Morgan fingerprint density at radius 3 is 2.16 bits per heavy atom. The minimum Gasteiger partial charge on any atom is -0.457 e. The third-order valence-corrected chi connectivity index (χ3v) is 10.4. The van der Waals surface area contributed by atoms with Gasteiger partial charge in [-0.25, -0.2) is 0 Å². The number of carbonyl (C=O) groups excluding carboxylic acids is 3. The molecule has 2 bridgehead atoms. The van der Waals surface area contributed by atoms with E-state index in [9.17, 15) is 14.4 Å². The van der Waals surface area contributed by atoms with Crippen LogP contribution in [0.3, 0.4) is 0 Å². The Morgan fingerprint density at radius 2 is 1.43 bits per heavy atom. The Hall–Kier alpha value is -3.65. The third kappa shape index (κ3) is 5.42. The number of rotatable bonds is 7. The lowest BCUT2D eigenvalue weighted by Gasteiger charge is -2.38. The summed E-state index contributed by atoms with van der Waals surface area (Å²) in [5.74, 6) is -0.555. The first-order chi connectivity index (χ1) is 21.5. The minimum atomic E-state index is -1.13. The van der Waals surface area contributed by atoms with Crippen molar-refractivity contribution >= 4 is 23.4 Å². The Labute approximate surface area is 259 Å². The zero-order chi connectivity index (χ0) is 30.1.